The number of aromatic nitrogens is 2. The molecule has 0 fully saturated rings. The molecule has 90 valence electrons. The number of imidazole rings is 1. The van der Waals surface area contributed by atoms with Crippen LogP contribution in [0.25, 0.3) is 5.65 Å². The molecule has 18 heavy (non-hydrogen) atoms. The SMILES string of the molecule is CCc1cnc2c(Nc3ccccc3)cccn12. The van der Waals surface area contributed by atoms with Gasteiger partial charge in [0, 0.05) is 23.8 Å². The van der Waals surface area contributed by atoms with Crippen molar-refractivity contribution in [2.75, 3.05) is 5.32 Å². The molecular formula is C15H15N3. The number of anilines is 2. The van der Waals surface area contributed by atoms with Gasteiger partial charge in [0.15, 0.2) is 5.65 Å². The van der Waals surface area contributed by atoms with Gasteiger partial charge >= 0.3 is 0 Å². The third-order valence-corrected chi connectivity index (χ3v) is 3.03. The molecular weight excluding hydrogens is 222 g/mol. The topological polar surface area (TPSA) is 29.3 Å². The van der Waals surface area contributed by atoms with Gasteiger partial charge in [-0.2, -0.15) is 0 Å². The molecule has 2 heterocycles. The number of hydrogen-bond donors (Lipinski definition) is 1. The largest absolute Gasteiger partial charge is 0.352 e. The average molecular weight is 237 g/mol. The smallest absolute Gasteiger partial charge is 0.160 e. The zero-order chi connectivity index (χ0) is 12.4. The maximum atomic E-state index is 4.49. The fraction of sp³-hybridized carbons (Fsp3) is 0.133. The summed E-state index contributed by atoms with van der Waals surface area (Å²) in [5.74, 6) is 0. The van der Waals surface area contributed by atoms with E-state index in [0.29, 0.717) is 0 Å². The molecule has 0 aliphatic heterocycles. The fourth-order valence-electron chi connectivity index (χ4n) is 2.10. The van der Waals surface area contributed by atoms with E-state index < -0.39 is 0 Å². The van der Waals surface area contributed by atoms with Crippen LogP contribution in [0.15, 0.2) is 54.9 Å². The van der Waals surface area contributed by atoms with Crippen LogP contribution in [0.2, 0.25) is 0 Å². The number of nitrogens with zero attached hydrogens (tertiary/aromatic N) is 2. The first-order valence-electron chi connectivity index (χ1n) is 6.15. The summed E-state index contributed by atoms with van der Waals surface area (Å²) in [5.41, 5.74) is 4.30. The molecule has 0 radical (unpaired) electrons. The van der Waals surface area contributed by atoms with Crippen molar-refractivity contribution < 1.29 is 0 Å². The van der Waals surface area contributed by atoms with Gasteiger partial charge in [-0.15, -0.1) is 0 Å². The van der Waals surface area contributed by atoms with Crippen molar-refractivity contribution >= 4 is 17.0 Å². The molecule has 3 nitrogen and oxygen atoms in total. The normalized spacial score (nSPS) is 10.7. The minimum atomic E-state index is 0.971. The van der Waals surface area contributed by atoms with Crippen LogP contribution < -0.4 is 5.32 Å². The molecule has 0 saturated carbocycles. The minimum Gasteiger partial charge on any atom is -0.352 e. The van der Waals surface area contributed by atoms with E-state index in [1.807, 2.05) is 42.6 Å². The van der Waals surface area contributed by atoms with E-state index in [2.05, 4.69) is 33.9 Å². The standard InChI is InChI=1S/C15H15N3/c1-2-13-11-16-15-14(9-6-10-18(13)15)17-12-7-4-3-5-8-12/h3-11,17H,2H2,1H3. The Morgan fingerprint density at radius 2 is 1.94 bits per heavy atom. The van der Waals surface area contributed by atoms with E-state index in [9.17, 15) is 0 Å². The van der Waals surface area contributed by atoms with Crippen molar-refractivity contribution in [2.45, 2.75) is 13.3 Å². The van der Waals surface area contributed by atoms with Gasteiger partial charge in [0.05, 0.1) is 5.69 Å². The fourth-order valence-corrected chi connectivity index (χ4v) is 2.10. The van der Waals surface area contributed by atoms with Gasteiger partial charge in [0.2, 0.25) is 0 Å². The Labute approximate surface area is 106 Å². The number of pyridine rings is 1. The van der Waals surface area contributed by atoms with Gasteiger partial charge in [0.1, 0.15) is 0 Å². The van der Waals surface area contributed by atoms with Crippen LogP contribution in [0.1, 0.15) is 12.6 Å². The van der Waals surface area contributed by atoms with E-state index in [0.717, 1.165) is 23.4 Å². The third-order valence-electron chi connectivity index (χ3n) is 3.03. The van der Waals surface area contributed by atoms with Crippen molar-refractivity contribution in [1.29, 1.82) is 0 Å². The number of rotatable bonds is 3. The van der Waals surface area contributed by atoms with Crippen molar-refractivity contribution in [3.05, 3.63) is 60.6 Å². The summed E-state index contributed by atoms with van der Waals surface area (Å²) < 4.78 is 2.13. The highest BCUT2D eigenvalue weighted by Gasteiger charge is 2.05. The highest BCUT2D eigenvalue weighted by molar-refractivity contribution is 5.73. The van der Waals surface area contributed by atoms with E-state index >= 15 is 0 Å². The molecule has 0 spiro atoms. The lowest BCUT2D eigenvalue weighted by Crippen LogP contribution is -1.96. The van der Waals surface area contributed by atoms with Crippen LogP contribution in [0.4, 0.5) is 11.4 Å². The van der Waals surface area contributed by atoms with Gasteiger partial charge < -0.3 is 9.72 Å². The summed E-state index contributed by atoms with van der Waals surface area (Å²) in [6.45, 7) is 2.14. The number of nitrogens with one attached hydrogen (secondary N) is 1. The third kappa shape index (κ3) is 1.84. The highest BCUT2D eigenvalue weighted by Crippen LogP contribution is 2.21. The second-order valence-corrected chi connectivity index (χ2v) is 4.21. The summed E-state index contributed by atoms with van der Waals surface area (Å²) in [5, 5.41) is 3.40. The Hall–Kier alpha value is -2.29. The number of hydrogen-bond acceptors (Lipinski definition) is 2. The van der Waals surface area contributed by atoms with Crippen LogP contribution in [-0.4, -0.2) is 9.38 Å². The van der Waals surface area contributed by atoms with E-state index in [1.54, 1.807) is 0 Å². The van der Waals surface area contributed by atoms with Crippen LogP contribution in [0.3, 0.4) is 0 Å². The van der Waals surface area contributed by atoms with Crippen LogP contribution in [0.5, 0.6) is 0 Å². The maximum absolute atomic E-state index is 4.49. The van der Waals surface area contributed by atoms with Crippen molar-refractivity contribution in [2.24, 2.45) is 0 Å². The van der Waals surface area contributed by atoms with E-state index in [-0.39, 0.29) is 0 Å². The van der Waals surface area contributed by atoms with Crippen LogP contribution in [-0.2, 0) is 6.42 Å². The molecule has 0 bridgehead atoms. The summed E-state index contributed by atoms with van der Waals surface area (Å²) in [6.07, 6.45) is 4.97. The Balaban J connectivity index is 2.05. The summed E-state index contributed by atoms with van der Waals surface area (Å²) in [4.78, 5) is 4.49. The van der Waals surface area contributed by atoms with Gasteiger partial charge in [-0.05, 0) is 30.7 Å². The predicted octanol–water partition coefficient (Wildman–Crippen LogP) is 3.64. The van der Waals surface area contributed by atoms with Crippen LogP contribution in [0, 0.1) is 0 Å². The second kappa shape index (κ2) is 4.53. The molecule has 0 aliphatic carbocycles. The van der Waals surface area contributed by atoms with Crippen LogP contribution >= 0.6 is 0 Å². The minimum absolute atomic E-state index is 0.971. The lowest BCUT2D eigenvalue weighted by molar-refractivity contribution is 0.996. The molecule has 2 aromatic heterocycles. The molecule has 1 N–H and O–H groups in total. The number of fused-ring (bicyclic) bond motifs is 1. The molecule has 0 amide bonds. The lowest BCUT2D eigenvalue weighted by Gasteiger charge is -2.08. The first kappa shape index (κ1) is 10.8. The van der Waals surface area contributed by atoms with Gasteiger partial charge in [0.25, 0.3) is 0 Å². The molecule has 0 atom stereocenters. The summed E-state index contributed by atoms with van der Waals surface area (Å²) in [6, 6.07) is 14.2. The van der Waals surface area contributed by atoms with Gasteiger partial charge in [-0.3, -0.25) is 0 Å². The molecule has 0 unspecified atom stereocenters. The molecule has 3 aromatic rings. The Morgan fingerprint density at radius 3 is 2.72 bits per heavy atom. The number of para-hydroxylation sites is 1. The van der Waals surface area contributed by atoms with Crippen molar-refractivity contribution in [1.82, 2.24) is 9.38 Å². The quantitative estimate of drug-likeness (QED) is 0.753. The predicted molar refractivity (Wildman–Crippen MR) is 74.3 cm³/mol. The molecule has 3 heteroatoms. The van der Waals surface area contributed by atoms with Gasteiger partial charge in [-0.1, -0.05) is 25.1 Å². The van der Waals surface area contributed by atoms with Crippen molar-refractivity contribution in [3.63, 3.8) is 0 Å². The zero-order valence-corrected chi connectivity index (χ0v) is 10.3. The van der Waals surface area contributed by atoms with E-state index in [4.69, 9.17) is 0 Å². The first-order chi connectivity index (χ1) is 8.88. The van der Waals surface area contributed by atoms with Gasteiger partial charge in [-0.25, -0.2) is 4.98 Å². The summed E-state index contributed by atoms with van der Waals surface area (Å²) in [7, 11) is 0. The monoisotopic (exact) mass is 237 g/mol. The molecule has 0 aliphatic rings. The number of aryl methyl sites for hydroxylation is 1. The first-order valence-corrected chi connectivity index (χ1v) is 6.15. The lowest BCUT2D eigenvalue weighted by atomic mass is 10.3. The zero-order valence-electron chi connectivity index (χ0n) is 10.3. The van der Waals surface area contributed by atoms with E-state index in [1.165, 1.54) is 5.69 Å². The highest BCUT2D eigenvalue weighted by atomic mass is 15.0. The average Bonchev–Trinajstić information content (AvgIpc) is 2.84. The second-order valence-electron chi connectivity index (χ2n) is 4.21. The maximum Gasteiger partial charge on any atom is 0.160 e. The Morgan fingerprint density at radius 1 is 1.11 bits per heavy atom. The molecule has 1 aromatic carbocycles. The molecule has 0 saturated heterocycles. The number of benzene rings is 1. The van der Waals surface area contributed by atoms with Crippen molar-refractivity contribution in [3.8, 4) is 0 Å². The molecule has 3 rings (SSSR count). The Kier molecular flexibility index (Phi) is 2.73. The Bertz CT molecular complexity index is 656. The summed E-state index contributed by atoms with van der Waals surface area (Å²) >= 11 is 0.